The summed E-state index contributed by atoms with van der Waals surface area (Å²) in [6.45, 7) is 6.03. The molecule has 3 rings (SSSR count). The van der Waals surface area contributed by atoms with E-state index in [-0.39, 0.29) is 28.5 Å². The predicted molar refractivity (Wildman–Crippen MR) is 107 cm³/mol. The van der Waals surface area contributed by atoms with E-state index >= 15 is 0 Å². The zero-order valence-corrected chi connectivity index (χ0v) is 17.8. The molecule has 1 aromatic carbocycles. The molecule has 1 unspecified atom stereocenters. The summed E-state index contributed by atoms with van der Waals surface area (Å²) < 4.78 is 24.8. The molecule has 8 nitrogen and oxygen atoms in total. The van der Waals surface area contributed by atoms with E-state index in [0.717, 1.165) is 29.4 Å². The van der Waals surface area contributed by atoms with E-state index in [9.17, 15) is 13.2 Å². The molecule has 1 aliphatic rings. The molecule has 28 heavy (non-hydrogen) atoms. The first-order chi connectivity index (χ1) is 13.2. The van der Waals surface area contributed by atoms with Crippen molar-refractivity contribution in [1.29, 1.82) is 0 Å². The quantitative estimate of drug-likeness (QED) is 0.629. The van der Waals surface area contributed by atoms with E-state index in [4.69, 9.17) is 5.14 Å². The molecule has 3 N–H and O–H groups in total. The van der Waals surface area contributed by atoms with Gasteiger partial charge in [-0.1, -0.05) is 37.7 Å². The molecule has 1 atom stereocenters. The third-order valence-electron chi connectivity index (χ3n) is 4.54. The van der Waals surface area contributed by atoms with E-state index < -0.39 is 10.0 Å². The Labute approximate surface area is 169 Å². The summed E-state index contributed by atoms with van der Waals surface area (Å²) in [4.78, 5) is 12.4. The van der Waals surface area contributed by atoms with Gasteiger partial charge in [-0.25, -0.2) is 13.6 Å². The van der Waals surface area contributed by atoms with Crippen molar-refractivity contribution in [1.82, 2.24) is 20.1 Å². The van der Waals surface area contributed by atoms with E-state index in [1.54, 1.807) is 12.1 Å². The molecule has 0 aliphatic heterocycles. The highest BCUT2D eigenvalue weighted by Gasteiger charge is 2.30. The molecule has 1 aromatic heterocycles. The first kappa shape index (κ1) is 20.8. The van der Waals surface area contributed by atoms with Gasteiger partial charge in [-0.05, 0) is 37.5 Å². The zero-order chi connectivity index (χ0) is 20.5. The van der Waals surface area contributed by atoms with E-state index in [0.29, 0.717) is 6.04 Å². The van der Waals surface area contributed by atoms with Gasteiger partial charge >= 0.3 is 0 Å². The second-order valence-corrected chi connectivity index (χ2v) is 9.79. The van der Waals surface area contributed by atoms with Gasteiger partial charge in [-0.2, -0.15) is 0 Å². The van der Waals surface area contributed by atoms with Crippen LogP contribution >= 0.6 is 11.8 Å². The van der Waals surface area contributed by atoms with Gasteiger partial charge in [0.05, 0.1) is 16.7 Å². The Morgan fingerprint density at radius 3 is 2.43 bits per heavy atom. The number of rotatable bonds is 8. The molecule has 10 heteroatoms. The number of nitrogens with one attached hydrogen (secondary N) is 1. The normalized spacial score (nSPS) is 15.6. The highest BCUT2D eigenvalue weighted by atomic mass is 32.2. The fraction of sp³-hybridized carbons (Fsp3) is 0.500. The van der Waals surface area contributed by atoms with Crippen LogP contribution in [0.5, 0.6) is 0 Å². The van der Waals surface area contributed by atoms with Crippen LogP contribution in [0.25, 0.3) is 0 Å². The van der Waals surface area contributed by atoms with Crippen molar-refractivity contribution in [3.05, 3.63) is 35.7 Å². The standard InChI is InChI=1S/C18H25N5O3S2/c1-11(2)17-21-22-18(23(17)14-6-7-14)27-10-16(24)20-12(3)13-4-8-15(9-5-13)28(19,25)26/h4-5,8-9,11-12,14H,6-7,10H2,1-3H3,(H,20,24)(H2,19,25,26). The second-order valence-electron chi connectivity index (χ2n) is 7.29. The summed E-state index contributed by atoms with van der Waals surface area (Å²) in [7, 11) is -3.72. The molecule has 0 spiro atoms. The van der Waals surface area contributed by atoms with Gasteiger partial charge in [0.25, 0.3) is 0 Å². The van der Waals surface area contributed by atoms with Crippen LogP contribution in [-0.2, 0) is 14.8 Å². The first-order valence-electron chi connectivity index (χ1n) is 9.16. The predicted octanol–water partition coefficient (Wildman–Crippen LogP) is 2.35. The summed E-state index contributed by atoms with van der Waals surface area (Å²) in [5.74, 6) is 1.37. The monoisotopic (exact) mass is 423 g/mol. The zero-order valence-electron chi connectivity index (χ0n) is 16.1. The molecule has 0 radical (unpaired) electrons. The van der Waals surface area contributed by atoms with E-state index in [1.807, 2.05) is 6.92 Å². The third kappa shape index (κ3) is 4.92. The average molecular weight is 424 g/mol. The maximum Gasteiger partial charge on any atom is 0.238 e. The third-order valence-corrected chi connectivity index (χ3v) is 6.41. The van der Waals surface area contributed by atoms with Crippen LogP contribution < -0.4 is 10.5 Å². The lowest BCUT2D eigenvalue weighted by Crippen LogP contribution is -2.28. The van der Waals surface area contributed by atoms with Gasteiger partial charge < -0.3 is 9.88 Å². The van der Waals surface area contributed by atoms with Crippen molar-refractivity contribution in [3.63, 3.8) is 0 Å². The van der Waals surface area contributed by atoms with Crippen molar-refractivity contribution < 1.29 is 13.2 Å². The molecular weight excluding hydrogens is 398 g/mol. The van der Waals surface area contributed by atoms with Crippen LogP contribution in [0.1, 0.15) is 63.0 Å². The number of amides is 1. The van der Waals surface area contributed by atoms with Crippen LogP contribution in [0.3, 0.4) is 0 Å². The lowest BCUT2D eigenvalue weighted by atomic mass is 10.1. The minimum atomic E-state index is -3.72. The number of carbonyl (C=O) groups excluding carboxylic acids is 1. The molecule has 1 aliphatic carbocycles. The van der Waals surface area contributed by atoms with Crippen molar-refractivity contribution in [2.45, 2.75) is 61.7 Å². The Morgan fingerprint density at radius 2 is 1.89 bits per heavy atom. The molecule has 1 saturated carbocycles. The van der Waals surface area contributed by atoms with Gasteiger partial charge in [-0.3, -0.25) is 4.79 Å². The SMILES string of the molecule is CC(C)c1nnc(SCC(=O)NC(C)c2ccc(S(N)(=O)=O)cc2)n1C1CC1. The molecule has 0 saturated heterocycles. The lowest BCUT2D eigenvalue weighted by Gasteiger charge is -2.15. The summed E-state index contributed by atoms with van der Waals surface area (Å²) in [6.07, 6.45) is 2.26. The van der Waals surface area contributed by atoms with Crippen LogP contribution in [0.15, 0.2) is 34.3 Å². The highest BCUT2D eigenvalue weighted by Crippen LogP contribution is 2.40. The molecule has 152 valence electrons. The smallest absolute Gasteiger partial charge is 0.238 e. The number of benzene rings is 1. The number of aromatic nitrogens is 3. The molecule has 2 aromatic rings. The summed E-state index contributed by atoms with van der Waals surface area (Å²) >= 11 is 1.39. The number of nitrogens with two attached hydrogens (primary N) is 1. The van der Waals surface area contributed by atoms with Gasteiger partial charge in [0.1, 0.15) is 5.82 Å². The van der Waals surface area contributed by atoms with Gasteiger partial charge in [-0.15, -0.1) is 10.2 Å². The lowest BCUT2D eigenvalue weighted by molar-refractivity contribution is -0.119. The van der Waals surface area contributed by atoms with Gasteiger partial charge in [0, 0.05) is 12.0 Å². The topological polar surface area (TPSA) is 120 Å². The van der Waals surface area contributed by atoms with Crippen LogP contribution in [-0.4, -0.2) is 34.8 Å². The van der Waals surface area contributed by atoms with Crippen molar-refractivity contribution in [3.8, 4) is 0 Å². The Balaban J connectivity index is 1.59. The van der Waals surface area contributed by atoms with Crippen LogP contribution in [0.2, 0.25) is 0 Å². The van der Waals surface area contributed by atoms with Gasteiger partial charge in [0.2, 0.25) is 15.9 Å². The maximum atomic E-state index is 12.4. The summed E-state index contributed by atoms with van der Waals surface area (Å²) in [5, 5.41) is 17.4. The molecule has 1 fully saturated rings. The van der Waals surface area contributed by atoms with Crippen LogP contribution in [0, 0.1) is 0 Å². The highest BCUT2D eigenvalue weighted by molar-refractivity contribution is 7.99. The van der Waals surface area contributed by atoms with Gasteiger partial charge in [0.15, 0.2) is 5.16 Å². The minimum absolute atomic E-state index is 0.0469. The summed E-state index contributed by atoms with van der Waals surface area (Å²) in [5.41, 5.74) is 0.800. The number of sulfonamides is 1. The Kier molecular flexibility index (Phi) is 6.11. The number of hydrogen-bond donors (Lipinski definition) is 2. The Hall–Kier alpha value is -1.91. The molecule has 1 heterocycles. The Bertz CT molecular complexity index is 950. The van der Waals surface area contributed by atoms with Crippen molar-refractivity contribution in [2.24, 2.45) is 5.14 Å². The van der Waals surface area contributed by atoms with Crippen LogP contribution in [0.4, 0.5) is 0 Å². The Morgan fingerprint density at radius 1 is 1.25 bits per heavy atom. The van der Waals surface area contributed by atoms with Crippen molar-refractivity contribution >= 4 is 27.7 Å². The first-order valence-corrected chi connectivity index (χ1v) is 11.7. The van der Waals surface area contributed by atoms with E-state index in [1.165, 1.54) is 23.9 Å². The number of thioether (sulfide) groups is 1. The number of nitrogens with zero attached hydrogens (tertiary/aromatic N) is 3. The second kappa shape index (κ2) is 8.22. The number of carbonyl (C=O) groups is 1. The maximum absolute atomic E-state index is 12.4. The largest absolute Gasteiger partial charge is 0.349 e. The fourth-order valence-corrected chi connectivity index (χ4v) is 4.24. The summed E-state index contributed by atoms with van der Waals surface area (Å²) in [6, 6.07) is 6.37. The van der Waals surface area contributed by atoms with E-state index in [2.05, 4.69) is 33.9 Å². The minimum Gasteiger partial charge on any atom is -0.349 e. The fourth-order valence-electron chi connectivity index (χ4n) is 2.90. The average Bonchev–Trinajstić information content (AvgIpc) is 3.38. The molecule has 0 bridgehead atoms. The van der Waals surface area contributed by atoms with Crippen molar-refractivity contribution in [2.75, 3.05) is 5.75 Å². The molecular formula is C18H25N5O3S2. The molecule has 1 amide bonds. The number of primary sulfonamides is 1. The number of hydrogen-bond acceptors (Lipinski definition) is 6.